The van der Waals surface area contributed by atoms with Crippen molar-refractivity contribution >= 4 is 11.6 Å². The number of carbonyl (C=O) groups is 2. The third-order valence-electron chi connectivity index (χ3n) is 3.07. The van der Waals surface area contributed by atoms with Gasteiger partial charge in [-0.25, -0.2) is 0 Å². The average Bonchev–Trinajstić information content (AvgIpc) is 2.45. The minimum Gasteiger partial charge on any atom is -0.299 e. The quantitative estimate of drug-likeness (QED) is 0.597. The van der Waals surface area contributed by atoms with Gasteiger partial charge in [0.15, 0.2) is 5.78 Å². The molecule has 0 aliphatic rings. The fourth-order valence-corrected chi connectivity index (χ4v) is 1.60. The van der Waals surface area contributed by atoms with Gasteiger partial charge in [-0.2, -0.15) is 10.5 Å². The van der Waals surface area contributed by atoms with Crippen LogP contribution in [-0.2, 0) is 4.79 Å². The highest BCUT2D eigenvalue weighted by Gasteiger charge is 2.19. The van der Waals surface area contributed by atoms with Crippen molar-refractivity contribution in [3.63, 3.8) is 0 Å². The van der Waals surface area contributed by atoms with Gasteiger partial charge in [0, 0.05) is 11.5 Å². The number of nitriles is 2. The fraction of sp³-hybridized carbons (Fsp3) is 0.333. The van der Waals surface area contributed by atoms with Crippen LogP contribution in [0.4, 0.5) is 0 Å². The Hall–Kier alpha value is -2.46. The first-order valence-electron chi connectivity index (χ1n) is 6.03. The maximum Gasteiger partial charge on any atom is 0.171 e. The first kappa shape index (κ1) is 14.6. The summed E-state index contributed by atoms with van der Waals surface area (Å²) in [5.74, 6) is -0.716. The maximum absolute atomic E-state index is 12.0. The minimum atomic E-state index is -0.404. The fourth-order valence-electron chi connectivity index (χ4n) is 1.60. The van der Waals surface area contributed by atoms with Crippen LogP contribution in [0.1, 0.15) is 48.2 Å². The van der Waals surface area contributed by atoms with E-state index in [9.17, 15) is 9.59 Å². The van der Waals surface area contributed by atoms with Gasteiger partial charge in [0.2, 0.25) is 0 Å². The van der Waals surface area contributed by atoms with Crippen molar-refractivity contribution in [2.45, 2.75) is 26.7 Å². The summed E-state index contributed by atoms with van der Waals surface area (Å²) in [6, 6.07) is 8.09. The summed E-state index contributed by atoms with van der Waals surface area (Å²) < 4.78 is 0. The number of hydrogen-bond donors (Lipinski definition) is 0. The molecule has 0 bridgehead atoms. The first-order chi connectivity index (χ1) is 9.03. The van der Waals surface area contributed by atoms with E-state index in [0.29, 0.717) is 12.0 Å². The third-order valence-corrected chi connectivity index (χ3v) is 3.07. The molecule has 0 aliphatic carbocycles. The van der Waals surface area contributed by atoms with E-state index in [2.05, 4.69) is 0 Å². The summed E-state index contributed by atoms with van der Waals surface area (Å²) in [5.41, 5.74) is 0.650. The van der Waals surface area contributed by atoms with Gasteiger partial charge in [-0.1, -0.05) is 13.8 Å². The van der Waals surface area contributed by atoms with Crippen molar-refractivity contribution in [3.8, 4) is 12.1 Å². The Bertz CT molecular complexity index is 591. The Morgan fingerprint density at radius 1 is 1.26 bits per heavy atom. The van der Waals surface area contributed by atoms with Gasteiger partial charge in [0.05, 0.1) is 29.7 Å². The molecule has 1 atom stereocenters. The molecule has 0 saturated carbocycles. The molecule has 96 valence electrons. The molecule has 4 nitrogen and oxygen atoms in total. The van der Waals surface area contributed by atoms with Crippen molar-refractivity contribution in [2.24, 2.45) is 5.92 Å². The number of ketones is 2. The standard InChI is InChI=1S/C15H14N2O2/c1-3-10(2)14(18)7-15(19)13-6-11(8-16)4-5-12(13)9-17/h4-6,10H,3,7H2,1-2H3. The Morgan fingerprint density at radius 3 is 2.47 bits per heavy atom. The van der Waals surface area contributed by atoms with Crippen molar-refractivity contribution in [1.29, 1.82) is 10.5 Å². The lowest BCUT2D eigenvalue weighted by atomic mass is 9.94. The molecule has 0 aliphatic heterocycles. The summed E-state index contributed by atoms with van der Waals surface area (Å²) in [4.78, 5) is 23.8. The van der Waals surface area contributed by atoms with Crippen LogP contribution in [0.5, 0.6) is 0 Å². The second-order valence-electron chi connectivity index (χ2n) is 4.36. The Labute approximate surface area is 112 Å². The van der Waals surface area contributed by atoms with Crippen molar-refractivity contribution in [1.82, 2.24) is 0 Å². The van der Waals surface area contributed by atoms with E-state index in [0.717, 1.165) is 0 Å². The first-order valence-corrected chi connectivity index (χ1v) is 6.03. The van der Waals surface area contributed by atoms with E-state index in [1.54, 1.807) is 6.92 Å². The Kier molecular flexibility index (Phi) is 4.97. The molecule has 19 heavy (non-hydrogen) atoms. The van der Waals surface area contributed by atoms with Gasteiger partial charge < -0.3 is 0 Å². The molecular formula is C15H14N2O2. The van der Waals surface area contributed by atoms with E-state index in [-0.39, 0.29) is 29.2 Å². The van der Waals surface area contributed by atoms with Crippen LogP contribution >= 0.6 is 0 Å². The van der Waals surface area contributed by atoms with Crippen LogP contribution in [0.15, 0.2) is 18.2 Å². The highest BCUT2D eigenvalue weighted by Crippen LogP contribution is 2.15. The maximum atomic E-state index is 12.0. The SMILES string of the molecule is CCC(C)C(=O)CC(=O)c1cc(C#N)ccc1C#N. The van der Waals surface area contributed by atoms with Crippen molar-refractivity contribution in [3.05, 3.63) is 34.9 Å². The lowest BCUT2D eigenvalue weighted by molar-refractivity contribution is -0.121. The molecule has 1 aromatic rings. The second kappa shape index (κ2) is 6.47. The van der Waals surface area contributed by atoms with Gasteiger partial charge in [0.1, 0.15) is 5.78 Å². The molecule has 0 aromatic heterocycles. The topological polar surface area (TPSA) is 81.7 Å². The van der Waals surface area contributed by atoms with Crippen LogP contribution < -0.4 is 0 Å². The third kappa shape index (κ3) is 3.50. The summed E-state index contributed by atoms with van der Waals surface area (Å²) in [6.07, 6.45) is 0.452. The highest BCUT2D eigenvalue weighted by molar-refractivity contribution is 6.09. The van der Waals surface area contributed by atoms with Crippen LogP contribution in [0.25, 0.3) is 0 Å². The van der Waals surface area contributed by atoms with Crippen LogP contribution in [-0.4, -0.2) is 11.6 Å². The van der Waals surface area contributed by atoms with Crippen LogP contribution in [0.3, 0.4) is 0 Å². The number of rotatable bonds is 5. The molecule has 0 radical (unpaired) electrons. The lowest BCUT2D eigenvalue weighted by Crippen LogP contribution is -2.16. The smallest absolute Gasteiger partial charge is 0.171 e. The molecule has 0 N–H and O–H groups in total. The van der Waals surface area contributed by atoms with E-state index in [1.165, 1.54) is 18.2 Å². The Balaban J connectivity index is 3.03. The molecule has 0 heterocycles. The van der Waals surface area contributed by atoms with Gasteiger partial charge in [-0.3, -0.25) is 9.59 Å². The van der Waals surface area contributed by atoms with Crippen LogP contribution in [0, 0.1) is 28.6 Å². The largest absolute Gasteiger partial charge is 0.299 e. The van der Waals surface area contributed by atoms with Gasteiger partial charge >= 0.3 is 0 Å². The highest BCUT2D eigenvalue weighted by atomic mass is 16.1. The number of benzene rings is 1. The zero-order valence-corrected chi connectivity index (χ0v) is 10.9. The van der Waals surface area contributed by atoms with Gasteiger partial charge in [-0.05, 0) is 24.6 Å². The molecule has 1 aromatic carbocycles. The molecule has 1 rings (SSSR count). The predicted octanol–water partition coefficient (Wildman–Crippen LogP) is 2.62. The van der Waals surface area contributed by atoms with E-state index >= 15 is 0 Å². The summed E-state index contributed by atoms with van der Waals surface area (Å²) in [6.45, 7) is 3.65. The molecule has 1 unspecified atom stereocenters. The average molecular weight is 254 g/mol. The number of nitrogens with zero attached hydrogens (tertiary/aromatic N) is 2. The van der Waals surface area contributed by atoms with Crippen LogP contribution in [0.2, 0.25) is 0 Å². The summed E-state index contributed by atoms with van der Waals surface area (Å²) >= 11 is 0. The van der Waals surface area contributed by atoms with Gasteiger partial charge in [0.25, 0.3) is 0 Å². The second-order valence-corrected chi connectivity index (χ2v) is 4.36. The molecular weight excluding hydrogens is 240 g/mol. The van der Waals surface area contributed by atoms with Crippen molar-refractivity contribution < 1.29 is 9.59 Å². The van der Waals surface area contributed by atoms with E-state index < -0.39 is 5.78 Å². The lowest BCUT2D eigenvalue weighted by Gasteiger charge is -2.07. The minimum absolute atomic E-state index is 0.140. The predicted molar refractivity (Wildman–Crippen MR) is 69.3 cm³/mol. The van der Waals surface area contributed by atoms with E-state index in [4.69, 9.17) is 10.5 Å². The molecule has 0 saturated heterocycles. The van der Waals surface area contributed by atoms with Crippen molar-refractivity contribution in [2.75, 3.05) is 0 Å². The number of Topliss-reactive ketones (excluding diaryl/α,β-unsaturated/α-hetero) is 2. The zero-order chi connectivity index (χ0) is 14.4. The molecule has 0 amide bonds. The normalized spacial score (nSPS) is 11.2. The van der Waals surface area contributed by atoms with Gasteiger partial charge in [-0.15, -0.1) is 0 Å². The zero-order valence-electron chi connectivity index (χ0n) is 10.9. The molecule has 0 spiro atoms. The summed E-state index contributed by atoms with van der Waals surface area (Å²) in [5, 5.41) is 17.8. The molecule has 4 heteroatoms. The number of carbonyl (C=O) groups excluding carboxylic acids is 2. The van der Waals surface area contributed by atoms with E-state index in [1.807, 2.05) is 19.1 Å². The monoisotopic (exact) mass is 254 g/mol. The molecule has 0 fully saturated rings. The Morgan fingerprint density at radius 2 is 1.95 bits per heavy atom. The summed E-state index contributed by atoms with van der Waals surface area (Å²) in [7, 11) is 0. The number of hydrogen-bond acceptors (Lipinski definition) is 4.